The van der Waals surface area contributed by atoms with Gasteiger partial charge in [0.25, 0.3) is 0 Å². The average molecular weight is 294 g/mol. The van der Waals surface area contributed by atoms with Crippen molar-refractivity contribution in [2.45, 2.75) is 44.9 Å². The largest absolute Gasteiger partial charge is 0.484 e. The highest BCUT2D eigenvalue weighted by Crippen LogP contribution is 2.26. The predicted molar refractivity (Wildman–Crippen MR) is 79.5 cm³/mol. The summed E-state index contributed by atoms with van der Waals surface area (Å²) in [5.41, 5.74) is -0.0763. The van der Waals surface area contributed by atoms with Crippen molar-refractivity contribution >= 4 is 5.69 Å². The molecule has 1 aliphatic rings. The smallest absolute Gasteiger partial charge is 0.310 e. The number of aliphatic hydroxyl groups is 1. The Labute approximate surface area is 124 Å². The molecule has 1 aliphatic heterocycles. The third-order valence-electron chi connectivity index (χ3n) is 4.05. The van der Waals surface area contributed by atoms with Crippen molar-refractivity contribution in [2.24, 2.45) is 0 Å². The van der Waals surface area contributed by atoms with Crippen molar-refractivity contribution in [1.29, 1.82) is 0 Å². The van der Waals surface area contributed by atoms with Gasteiger partial charge in [0.1, 0.15) is 12.7 Å². The van der Waals surface area contributed by atoms with Crippen molar-refractivity contribution in [2.75, 3.05) is 13.2 Å². The Balaban J connectivity index is 1.89. The molecule has 116 valence electrons. The molecule has 1 aromatic rings. The van der Waals surface area contributed by atoms with Crippen LogP contribution in [0.15, 0.2) is 24.3 Å². The minimum Gasteiger partial charge on any atom is -0.484 e. The van der Waals surface area contributed by atoms with Gasteiger partial charge in [-0.1, -0.05) is 12.1 Å². The first-order valence-corrected chi connectivity index (χ1v) is 7.29. The molecule has 6 heteroatoms. The fourth-order valence-electron chi connectivity index (χ4n) is 2.82. The second-order valence-electron chi connectivity index (χ2n) is 5.66. The zero-order chi connectivity index (χ0) is 15.4. The van der Waals surface area contributed by atoms with Gasteiger partial charge in [-0.25, -0.2) is 0 Å². The fraction of sp³-hybridized carbons (Fsp3) is 0.600. The van der Waals surface area contributed by atoms with Crippen LogP contribution in [0.5, 0.6) is 5.75 Å². The number of nitro groups is 1. The summed E-state index contributed by atoms with van der Waals surface area (Å²) >= 11 is 0. The summed E-state index contributed by atoms with van der Waals surface area (Å²) in [5, 5.41) is 21.0. The van der Waals surface area contributed by atoms with Crippen LogP contribution in [0.4, 0.5) is 5.69 Å². The summed E-state index contributed by atoms with van der Waals surface area (Å²) in [6, 6.07) is 7.13. The van der Waals surface area contributed by atoms with E-state index in [1.54, 1.807) is 18.2 Å². The molecule has 0 aromatic heterocycles. The van der Waals surface area contributed by atoms with Crippen LogP contribution < -0.4 is 4.74 Å². The maximum atomic E-state index is 10.9. The van der Waals surface area contributed by atoms with Crippen LogP contribution in [0.2, 0.25) is 0 Å². The van der Waals surface area contributed by atoms with Gasteiger partial charge in [0.15, 0.2) is 5.75 Å². The van der Waals surface area contributed by atoms with E-state index < -0.39 is 11.0 Å². The monoisotopic (exact) mass is 294 g/mol. The highest BCUT2D eigenvalue weighted by molar-refractivity contribution is 5.45. The fourth-order valence-corrected chi connectivity index (χ4v) is 2.82. The van der Waals surface area contributed by atoms with Crippen LogP contribution >= 0.6 is 0 Å². The number of likely N-dealkylation sites (tertiary alicyclic amines) is 1. The lowest BCUT2D eigenvalue weighted by Crippen LogP contribution is -2.41. The van der Waals surface area contributed by atoms with Crippen molar-refractivity contribution < 1.29 is 14.8 Å². The first kappa shape index (κ1) is 15.7. The average Bonchev–Trinajstić information content (AvgIpc) is 2.77. The van der Waals surface area contributed by atoms with Crippen molar-refractivity contribution in [1.82, 2.24) is 4.90 Å². The maximum Gasteiger partial charge on any atom is 0.310 e. The minimum absolute atomic E-state index is 0.0563. The molecule has 0 amide bonds. The Morgan fingerprint density at radius 1 is 1.38 bits per heavy atom. The van der Waals surface area contributed by atoms with Crippen LogP contribution in [0.25, 0.3) is 0 Å². The van der Waals surface area contributed by atoms with E-state index in [0.29, 0.717) is 18.6 Å². The van der Waals surface area contributed by atoms with E-state index >= 15 is 0 Å². The van der Waals surface area contributed by atoms with Gasteiger partial charge in [-0.05, 0) is 32.8 Å². The summed E-state index contributed by atoms with van der Waals surface area (Å²) in [6.07, 6.45) is 1.62. The van der Waals surface area contributed by atoms with Crippen molar-refractivity contribution in [3.8, 4) is 5.75 Å². The second-order valence-corrected chi connectivity index (χ2v) is 5.66. The van der Waals surface area contributed by atoms with Crippen molar-refractivity contribution in [3.05, 3.63) is 34.4 Å². The summed E-state index contributed by atoms with van der Waals surface area (Å²) < 4.78 is 5.42. The van der Waals surface area contributed by atoms with Crippen LogP contribution in [-0.2, 0) is 0 Å². The first-order chi connectivity index (χ1) is 9.99. The third kappa shape index (κ3) is 3.92. The molecule has 6 nitrogen and oxygen atoms in total. The maximum absolute atomic E-state index is 10.9. The summed E-state index contributed by atoms with van der Waals surface area (Å²) in [5.74, 6) is 0.198. The topological polar surface area (TPSA) is 75.8 Å². The molecule has 0 spiro atoms. The molecule has 1 N–H and O–H groups in total. The number of hydrogen-bond donors (Lipinski definition) is 1. The van der Waals surface area contributed by atoms with Gasteiger partial charge in [0.2, 0.25) is 0 Å². The zero-order valence-electron chi connectivity index (χ0n) is 12.4. The normalized spacial score (nSPS) is 24.0. The minimum atomic E-state index is -0.659. The molecule has 1 heterocycles. The van der Waals surface area contributed by atoms with Gasteiger partial charge >= 0.3 is 5.69 Å². The van der Waals surface area contributed by atoms with E-state index in [0.717, 1.165) is 12.8 Å². The van der Waals surface area contributed by atoms with Crippen molar-refractivity contribution in [3.63, 3.8) is 0 Å². The van der Waals surface area contributed by atoms with Gasteiger partial charge in [-0.2, -0.15) is 0 Å². The van der Waals surface area contributed by atoms with E-state index in [2.05, 4.69) is 18.7 Å². The molecular weight excluding hydrogens is 272 g/mol. The molecule has 0 saturated carbocycles. The van der Waals surface area contributed by atoms with Gasteiger partial charge in [-0.3, -0.25) is 15.0 Å². The quantitative estimate of drug-likeness (QED) is 0.643. The van der Waals surface area contributed by atoms with Gasteiger partial charge in [0.05, 0.1) is 4.92 Å². The Kier molecular flexibility index (Phi) is 5.14. The standard InChI is InChI=1S/C15H22N2O4/c1-11-7-8-12(2)16(11)9-13(18)10-21-15-6-4-3-5-14(15)17(19)20/h3-6,11-13,18H,7-10H2,1-2H3/t11-,12+,13-/m0/s1. The molecule has 1 aromatic carbocycles. The number of aliphatic hydroxyl groups excluding tert-OH is 1. The SMILES string of the molecule is C[C@@H]1CC[C@H](C)N1C[C@H](O)COc1ccccc1[N+](=O)[O-]. The van der Waals surface area contributed by atoms with Crippen LogP contribution in [0.1, 0.15) is 26.7 Å². The van der Waals surface area contributed by atoms with E-state index in [1.165, 1.54) is 6.07 Å². The molecule has 0 bridgehead atoms. The predicted octanol–water partition coefficient (Wildman–Crippen LogP) is 2.21. The van der Waals surface area contributed by atoms with Gasteiger partial charge < -0.3 is 9.84 Å². The zero-order valence-corrected chi connectivity index (χ0v) is 12.4. The van der Waals surface area contributed by atoms with E-state index in [4.69, 9.17) is 4.74 Å². The highest BCUT2D eigenvalue weighted by atomic mass is 16.6. The summed E-state index contributed by atoms with van der Waals surface area (Å²) in [4.78, 5) is 12.7. The second kappa shape index (κ2) is 6.87. The van der Waals surface area contributed by atoms with E-state index in [-0.39, 0.29) is 18.0 Å². The molecule has 0 unspecified atom stereocenters. The number of para-hydroxylation sites is 2. The summed E-state index contributed by atoms with van der Waals surface area (Å²) in [6.45, 7) is 4.89. The summed E-state index contributed by atoms with van der Waals surface area (Å²) in [7, 11) is 0. The van der Waals surface area contributed by atoms with E-state index in [1.807, 2.05) is 0 Å². The Hall–Kier alpha value is -1.66. The molecular formula is C15H22N2O4. The molecule has 1 saturated heterocycles. The van der Waals surface area contributed by atoms with Crippen LogP contribution in [0.3, 0.4) is 0 Å². The number of ether oxygens (including phenoxy) is 1. The molecule has 1 fully saturated rings. The number of benzene rings is 1. The number of β-amino-alcohol motifs (C(OH)–C–C–N with tert-alkyl or cyclic N) is 1. The van der Waals surface area contributed by atoms with Crippen LogP contribution in [0, 0.1) is 10.1 Å². The van der Waals surface area contributed by atoms with Crippen LogP contribution in [-0.4, -0.2) is 46.3 Å². The van der Waals surface area contributed by atoms with Gasteiger partial charge in [0, 0.05) is 24.7 Å². The lowest BCUT2D eigenvalue weighted by Gasteiger charge is -2.28. The Morgan fingerprint density at radius 3 is 2.62 bits per heavy atom. The number of nitrogens with zero attached hydrogens (tertiary/aromatic N) is 2. The molecule has 2 rings (SSSR count). The number of nitro benzene ring substituents is 1. The lowest BCUT2D eigenvalue weighted by atomic mass is 10.2. The lowest BCUT2D eigenvalue weighted by molar-refractivity contribution is -0.385. The molecule has 0 radical (unpaired) electrons. The van der Waals surface area contributed by atoms with E-state index in [9.17, 15) is 15.2 Å². The third-order valence-corrected chi connectivity index (χ3v) is 4.05. The number of hydrogen-bond acceptors (Lipinski definition) is 5. The van der Waals surface area contributed by atoms with Gasteiger partial charge in [-0.15, -0.1) is 0 Å². The molecule has 21 heavy (non-hydrogen) atoms. The number of rotatable bonds is 6. The highest BCUT2D eigenvalue weighted by Gasteiger charge is 2.29. The first-order valence-electron chi connectivity index (χ1n) is 7.29. The molecule has 0 aliphatic carbocycles. The Bertz CT molecular complexity index is 484. The Morgan fingerprint density at radius 2 is 2.00 bits per heavy atom. The molecule has 3 atom stereocenters.